The third-order valence-corrected chi connectivity index (χ3v) is 5.76. The molecule has 0 aliphatic carbocycles. The van der Waals surface area contributed by atoms with Crippen LogP contribution in [0.3, 0.4) is 0 Å². The standard InChI is InChI=1S/C22H23Cl2N3/c1-2-15-6-10-18(11-7-15)27-22-19(5-3-4-12-25-22)21(26-27)13-16-8-9-17(23)14-20(16)24/h6-11,14,25H,2-5,12-13H2,1H3. The van der Waals surface area contributed by atoms with Gasteiger partial charge in [0.15, 0.2) is 0 Å². The molecule has 0 bridgehead atoms. The molecule has 0 atom stereocenters. The Balaban J connectivity index is 1.76. The van der Waals surface area contributed by atoms with Crippen LogP contribution in [-0.4, -0.2) is 16.3 Å². The minimum Gasteiger partial charge on any atom is -0.370 e. The van der Waals surface area contributed by atoms with E-state index in [-0.39, 0.29) is 0 Å². The van der Waals surface area contributed by atoms with E-state index in [9.17, 15) is 0 Å². The van der Waals surface area contributed by atoms with Crippen molar-refractivity contribution in [3.8, 4) is 5.69 Å². The first-order valence-electron chi connectivity index (χ1n) is 9.53. The fourth-order valence-electron chi connectivity index (χ4n) is 3.62. The summed E-state index contributed by atoms with van der Waals surface area (Å²) in [7, 11) is 0. The maximum absolute atomic E-state index is 6.42. The molecule has 0 unspecified atom stereocenters. The van der Waals surface area contributed by atoms with Gasteiger partial charge >= 0.3 is 0 Å². The molecular weight excluding hydrogens is 377 g/mol. The number of benzene rings is 2. The summed E-state index contributed by atoms with van der Waals surface area (Å²) in [5, 5.41) is 9.93. The van der Waals surface area contributed by atoms with Gasteiger partial charge in [0, 0.05) is 28.6 Å². The topological polar surface area (TPSA) is 29.9 Å². The largest absolute Gasteiger partial charge is 0.370 e. The quantitative estimate of drug-likeness (QED) is 0.575. The Labute approximate surface area is 170 Å². The van der Waals surface area contributed by atoms with Crippen molar-refractivity contribution in [2.24, 2.45) is 0 Å². The molecule has 0 radical (unpaired) electrons. The summed E-state index contributed by atoms with van der Waals surface area (Å²) in [6.45, 7) is 3.15. The van der Waals surface area contributed by atoms with Crippen LogP contribution in [-0.2, 0) is 19.3 Å². The minimum absolute atomic E-state index is 0.658. The number of fused-ring (bicyclic) bond motifs is 1. The third kappa shape index (κ3) is 3.85. The van der Waals surface area contributed by atoms with Gasteiger partial charge < -0.3 is 5.32 Å². The van der Waals surface area contributed by atoms with Gasteiger partial charge in [0.25, 0.3) is 0 Å². The molecule has 0 saturated heterocycles. The predicted octanol–water partition coefficient (Wildman–Crippen LogP) is 6.08. The summed E-state index contributed by atoms with van der Waals surface area (Å²) >= 11 is 12.5. The Hall–Kier alpha value is -1.97. The molecule has 2 heterocycles. The highest BCUT2D eigenvalue weighted by Gasteiger charge is 2.21. The number of hydrogen-bond acceptors (Lipinski definition) is 2. The number of anilines is 1. The van der Waals surface area contributed by atoms with Crippen molar-refractivity contribution in [3.05, 3.63) is 74.9 Å². The first-order chi connectivity index (χ1) is 13.2. The second-order valence-corrected chi connectivity index (χ2v) is 7.85. The Morgan fingerprint density at radius 2 is 1.89 bits per heavy atom. The molecule has 0 spiro atoms. The Bertz CT molecular complexity index is 945. The van der Waals surface area contributed by atoms with E-state index in [1.165, 1.54) is 24.0 Å². The molecule has 5 heteroatoms. The van der Waals surface area contributed by atoms with Crippen molar-refractivity contribution in [2.75, 3.05) is 11.9 Å². The maximum Gasteiger partial charge on any atom is 0.133 e. The highest BCUT2D eigenvalue weighted by molar-refractivity contribution is 6.35. The van der Waals surface area contributed by atoms with Crippen molar-refractivity contribution >= 4 is 29.0 Å². The molecular formula is C22H23Cl2N3. The molecule has 3 aromatic rings. The number of rotatable bonds is 4. The molecule has 0 amide bonds. The van der Waals surface area contributed by atoms with Crippen LogP contribution < -0.4 is 5.32 Å². The van der Waals surface area contributed by atoms with Crippen LogP contribution in [0.4, 0.5) is 5.82 Å². The highest BCUT2D eigenvalue weighted by atomic mass is 35.5. The summed E-state index contributed by atoms with van der Waals surface area (Å²) in [6.07, 6.45) is 5.12. The average molecular weight is 400 g/mol. The smallest absolute Gasteiger partial charge is 0.133 e. The maximum atomic E-state index is 6.42. The monoisotopic (exact) mass is 399 g/mol. The molecule has 2 aromatic carbocycles. The number of hydrogen-bond donors (Lipinski definition) is 1. The Kier molecular flexibility index (Phi) is 5.42. The van der Waals surface area contributed by atoms with Gasteiger partial charge in [-0.2, -0.15) is 5.10 Å². The van der Waals surface area contributed by atoms with Crippen molar-refractivity contribution in [1.29, 1.82) is 0 Å². The molecule has 1 N–H and O–H groups in total. The Morgan fingerprint density at radius 3 is 2.63 bits per heavy atom. The summed E-state index contributed by atoms with van der Waals surface area (Å²) < 4.78 is 2.05. The van der Waals surface area contributed by atoms with E-state index >= 15 is 0 Å². The van der Waals surface area contributed by atoms with E-state index in [0.29, 0.717) is 16.5 Å². The minimum atomic E-state index is 0.658. The summed E-state index contributed by atoms with van der Waals surface area (Å²) in [5.41, 5.74) is 5.87. The molecule has 0 saturated carbocycles. The van der Waals surface area contributed by atoms with Crippen molar-refractivity contribution in [2.45, 2.75) is 39.0 Å². The zero-order chi connectivity index (χ0) is 18.8. The second kappa shape index (κ2) is 7.95. The van der Waals surface area contributed by atoms with Crippen molar-refractivity contribution in [3.63, 3.8) is 0 Å². The normalized spacial score (nSPS) is 13.7. The van der Waals surface area contributed by atoms with Gasteiger partial charge in [0.2, 0.25) is 0 Å². The lowest BCUT2D eigenvalue weighted by molar-refractivity contribution is 0.767. The lowest BCUT2D eigenvalue weighted by Gasteiger charge is -2.09. The van der Waals surface area contributed by atoms with Gasteiger partial charge in [-0.1, -0.05) is 48.3 Å². The average Bonchev–Trinajstić information content (AvgIpc) is 2.85. The van der Waals surface area contributed by atoms with Crippen LogP contribution in [0.25, 0.3) is 5.69 Å². The van der Waals surface area contributed by atoms with Crippen LogP contribution in [0.15, 0.2) is 42.5 Å². The van der Waals surface area contributed by atoms with Gasteiger partial charge in [-0.15, -0.1) is 0 Å². The first-order valence-corrected chi connectivity index (χ1v) is 10.3. The van der Waals surface area contributed by atoms with E-state index < -0.39 is 0 Å². The SMILES string of the molecule is CCc1ccc(-n2nc(Cc3ccc(Cl)cc3Cl)c3c2NCCCC3)cc1. The molecule has 1 aliphatic rings. The molecule has 1 aliphatic heterocycles. The number of aromatic nitrogens is 2. The second-order valence-electron chi connectivity index (χ2n) is 7.00. The summed E-state index contributed by atoms with van der Waals surface area (Å²) in [4.78, 5) is 0. The first kappa shape index (κ1) is 18.4. The molecule has 1 aromatic heterocycles. The summed E-state index contributed by atoms with van der Waals surface area (Å²) in [5.74, 6) is 1.12. The van der Waals surface area contributed by atoms with E-state index in [0.717, 1.165) is 42.1 Å². The zero-order valence-corrected chi connectivity index (χ0v) is 16.9. The predicted molar refractivity (Wildman–Crippen MR) is 114 cm³/mol. The van der Waals surface area contributed by atoms with Crippen LogP contribution in [0, 0.1) is 0 Å². The lowest BCUT2D eigenvalue weighted by atomic mass is 10.0. The number of halogens is 2. The van der Waals surface area contributed by atoms with Crippen LogP contribution in [0.5, 0.6) is 0 Å². The van der Waals surface area contributed by atoms with Crippen LogP contribution in [0.2, 0.25) is 10.0 Å². The van der Waals surface area contributed by atoms with Gasteiger partial charge in [0.05, 0.1) is 11.4 Å². The van der Waals surface area contributed by atoms with Gasteiger partial charge in [0.1, 0.15) is 5.82 Å². The van der Waals surface area contributed by atoms with Gasteiger partial charge in [-0.05, 0) is 61.1 Å². The molecule has 4 rings (SSSR count). The fourth-order valence-corrected chi connectivity index (χ4v) is 4.10. The number of nitrogens with zero attached hydrogens (tertiary/aromatic N) is 2. The van der Waals surface area contributed by atoms with Crippen LogP contribution >= 0.6 is 23.2 Å². The third-order valence-electron chi connectivity index (χ3n) is 5.17. The zero-order valence-electron chi connectivity index (χ0n) is 15.4. The van der Waals surface area contributed by atoms with E-state index in [2.05, 4.69) is 41.2 Å². The fraction of sp³-hybridized carbons (Fsp3) is 0.318. The van der Waals surface area contributed by atoms with Crippen molar-refractivity contribution in [1.82, 2.24) is 9.78 Å². The van der Waals surface area contributed by atoms with Crippen molar-refractivity contribution < 1.29 is 0 Å². The van der Waals surface area contributed by atoms with E-state index in [1.807, 2.05) is 12.1 Å². The molecule has 3 nitrogen and oxygen atoms in total. The molecule has 27 heavy (non-hydrogen) atoms. The van der Waals surface area contributed by atoms with Crippen LogP contribution in [0.1, 0.15) is 42.1 Å². The number of aryl methyl sites for hydroxylation is 1. The Morgan fingerprint density at radius 1 is 1.07 bits per heavy atom. The van der Waals surface area contributed by atoms with E-state index in [4.69, 9.17) is 28.3 Å². The molecule has 0 fully saturated rings. The van der Waals surface area contributed by atoms with Gasteiger partial charge in [-0.3, -0.25) is 0 Å². The summed E-state index contributed by atoms with van der Waals surface area (Å²) in [6, 6.07) is 14.3. The van der Waals surface area contributed by atoms with E-state index in [1.54, 1.807) is 6.07 Å². The number of nitrogens with one attached hydrogen (secondary N) is 1. The highest BCUT2D eigenvalue weighted by Crippen LogP contribution is 2.31. The van der Waals surface area contributed by atoms with Gasteiger partial charge in [-0.25, -0.2) is 4.68 Å². The lowest BCUT2D eigenvalue weighted by Crippen LogP contribution is -2.07. The molecule has 140 valence electrons.